The zero-order chi connectivity index (χ0) is 22.6. The molecular formula is C24H34N2O4S. The molecule has 1 N–H and O–H groups in total. The molecule has 0 bridgehead atoms. The molecule has 2 aromatic rings. The van der Waals surface area contributed by atoms with E-state index in [-0.39, 0.29) is 11.4 Å². The average Bonchev–Trinajstić information content (AvgIpc) is 2.75. The van der Waals surface area contributed by atoms with E-state index in [1.807, 2.05) is 6.92 Å². The van der Waals surface area contributed by atoms with E-state index in [1.54, 1.807) is 55.6 Å². The van der Waals surface area contributed by atoms with E-state index in [1.165, 1.54) is 10.7 Å². The maximum Gasteiger partial charge on any atom is 0.264 e. The molecule has 0 spiro atoms. The van der Waals surface area contributed by atoms with Gasteiger partial charge in [-0.2, -0.15) is 0 Å². The van der Waals surface area contributed by atoms with Crippen LogP contribution in [-0.2, 0) is 10.0 Å². The zero-order valence-corrected chi connectivity index (χ0v) is 19.7. The molecule has 0 amide bonds. The van der Waals surface area contributed by atoms with E-state index in [9.17, 15) is 13.5 Å². The second-order valence-electron chi connectivity index (χ2n) is 8.53. The third-order valence-electron chi connectivity index (χ3n) is 6.14. The van der Waals surface area contributed by atoms with Gasteiger partial charge in [-0.1, -0.05) is 24.1 Å². The number of benzene rings is 2. The van der Waals surface area contributed by atoms with Gasteiger partial charge in [0.05, 0.1) is 30.3 Å². The molecular weight excluding hydrogens is 412 g/mol. The Balaban J connectivity index is 1.88. The van der Waals surface area contributed by atoms with Crippen molar-refractivity contribution in [2.75, 3.05) is 24.5 Å². The Labute approximate surface area is 186 Å². The number of likely N-dealkylation sites (tertiary alicyclic amines) is 1. The number of anilines is 1. The number of hydrogen-bond donors (Lipinski definition) is 1. The van der Waals surface area contributed by atoms with Gasteiger partial charge in [-0.15, -0.1) is 0 Å². The minimum atomic E-state index is -3.84. The van der Waals surface area contributed by atoms with E-state index in [0.29, 0.717) is 30.1 Å². The zero-order valence-electron chi connectivity index (χ0n) is 18.9. The van der Waals surface area contributed by atoms with Crippen LogP contribution in [0.25, 0.3) is 0 Å². The van der Waals surface area contributed by atoms with Crippen molar-refractivity contribution >= 4 is 15.7 Å². The summed E-state index contributed by atoms with van der Waals surface area (Å²) in [4.78, 5) is 2.50. The van der Waals surface area contributed by atoms with Gasteiger partial charge in [0, 0.05) is 18.6 Å². The van der Waals surface area contributed by atoms with E-state index in [4.69, 9.17) is 4.74 Å². The van der Waals surface area contributed by atoms with Crippen LogP contribution in [0, 0.1) is 6.92 Å². The third-order valence-corrected chi connectivity index (χ3v) is 7.95. The van der Waals surface area contributed by atoms with Crippen molar-refractivity contribution in [3.05, 3.63) is 54.1 Å². The number of β-amino-alcohol motifs (C(OH)–C–C–N with tert-alkyl or cyclic N) is 1. The maximum atomic E-state index is 13.5. The van der Waals surface area contributed by atoms with Crippen molar-refractivity contribution in [1.29, 1.82) is 0 Å². The first-order valence-corrected chi connectivity index (χ1v) is 12.3. The summed E-state index contributed by atoms with van der Waals surface area (Å²) in [6, 6.07) is 14.4. The van der Waals surface area contributed by atoms with Crippen LogP contribution in [-0.4, -0.2) is 56.8 Å². The number of hydrogen-bond acceptors (Lipinski definition) is 5. The highest BCUT2D eigenvalue weighted by Gasteiger charge is 2.31. The summed E-state index contributed by atoms with van der Waals surface area (Å²) in [7, 11) is -2.27. The van der Waals surface area contributed by atoms with Gasteiger partial charge in [0.25, 0.3) is 10.0 Å². The third kappa shape index (κ3) is 5.59. The van der Waals surface area contributed by atoms with Crippen LogP contribution in [0.1, 0.15) is 38.7 Å². The van der Waals surface area contributed by atoms with Crippen LogP contribution >= 0.6 is 0 Å². The molecule has 1 fully saturated rings. The topological polar surface area (TPSA) is 70.1 Å². The molecule has 0 aromatic heterocycles. The SMILES string of the molecule is COc1ccc(N(C[C@H](O)CN2[C@H](C)CCC[C@H]2C)S(=O)(=O)c2ccc(C)cc2)cc1. The van der Waals surface area contributed by atoms with Crippen molar-refractivity contribution in [1.82, 2.24) is 4.90 Å². The van der Waals surface area contributed by atoms with E-state index < -0.39 is 16.1 Å². The van der Waals surface area contributed by atoms with Crippen LogP contribution < -0.4 is 9.04 Å². The molecule has 1 saturated heterocycles. The van der Waals surface area contributed by atoms with Crippen molar-refractivity contribution in [3.8, 4) is 5.75 Å². The van der Waals surface area contributed by atoms with Crippen LogP contribution in [0.4, 0.5) is 5.69 Å². The summed E-state index contributed by atoms with van der Waals surface area (Å²) in [6.45, 7) is 6.69. The number of methoxy groups -OCH3 is 1. The second-order valence-corrected chi connectivity index (χ2v) is 10.4. The van der Waals surface area contributed by atoms with Gasteiger partial charge >= 0.3 is 0 Å². The first-order chi connectivity index (χ1) is 14.7. The summed E-state index contributed by atoms with van der Waals surface area (Å²) in [6.07, 6.45) is 2.57. The van der Waals surface area contributed by atoms with Gasteiger partial charge in [0.2, 0.25) is 0 Å². The largest absolute Gasteiger partial charge is 0.497 e. The Kier molecular flexibility index (Phi) is 7.62. The fourth-order valence-electron chi connectivity index (χ4n) is 4.26. The predicted octanol–water partition coefficient (Wildman–Crippen LogP) is 3.82. The summed E-state index contributed by atoms with van der Waals surface area (Å²) >= 11 is 0. The molecule has 2 aromatic carbocycles. The molecule has 1 aliphatic heterocycles. The molecule has 3 rings (SSSR count). The van der Waals surface area contributed by atoms with E-state index in [2.05, 4.69) is 18.7 Å². The van der Waals surface area contributed by atoms with Gasteiger partial charge < -0.3 is 9.84 Å². The first kappa shape index (κ1) is 23.6. The number of nitrogens with zero attached hydrogens (tertiary/aromatic N) is 2. The quantitative estimate of drug-likeness (QED) is 0.668. The summed E-state index contributed by atoms with van der Waals surface area (Å²) < 4.78 is 33.6. The first-order valence-electron chi connectivity index (χ1n) is 10.9. The maximum absolute atomic E-state index is 13.5. The van der Waals surface area contributed by atoms with Crippen LogP contribution in [0.15, 0.2) is 53.4 Å². The van der Waals surface area contributed by atoms with Gasteiger partial charge in [0.15, 0.2) is 0 Å². The minimum Gasteiger partial charge on any atom is -0.497 e. The molecule has 0 aliphatic carbocycles. The lowest BCUT2D eigenvalue weighted by Gasteiger charge is -2.40. The number of rotatable bonds is 8. The normalized spacial score (nSPS) is 20.9. The lowest BCUT2D eigenvalue weighted by molar-refractivity contribution is 0.0455. The molecule has 0 unspecified atom stereocenters. The summed E-state index contributed by atoms with van der Waals surface area (Å²) in [5.41, 5.74) is 1.49. The highest BCUT2D eigenvalue weighted by atomic mass is 32.2. The molecule has 0 radical (unpaired) electrons. The minimum absolute atomic E-state index is 0.0154. The van der Waals surface area contributed by atoms with Crippen LogP contribution in [0.2, 0.25) is 0 Å². The monoisotopic (exact) mass is 446 g/mol. The second kappa shape index (κ2) is 10.0. The molecule has 6 nitrogen and oxygen atoms in total. The Morgan fingerprint density at radius 3 is 2.19 bits per heavy atom. The molecule has 3 atom stereocenters. The lowest BCUT2D eigenvalue weighted by atomic mass is 9.97. The lowest BCUT2D eigenvalue weighted by Crippen LogP contribution is -2.50. The fraction of sp³-hybridized carbons (Fsp3) is 0.500. The predicted molar refractivity (Wildman–Crippen MR) is 124 cm³/mol. The smallest absolute Gasteiger partial charge is 0.264 e. The highest BCUT2D eigenvalue weighted by molar-refractivity contribution is 7.92. The van der Waals surface area contributed by atoms with Gasteiger partial charge in [-0.3, -0.25) is 9.21 Å². The summed E-state index contributed by atoms with van der Waals surface area (Å²) in [5, 5.41) is 11.0. The molecule has 0 saturated carbocycles. The highest BCUT2D eigenvalue weighted by Crippen LogP contribution is 2.27. The molecule has 1 aliphatic rings. The van der Waals surface area contributed by atoms with Crippen molar-refractivity contribution in [2.45, 2.75) is 63.1 Å². The van der Waals surface area contributed by atoms with Gasteiger partial charge in [0.1, 0.15) is 5.75 Å². The van der Waals surface area contributed by atoms with E-state index >= 15 is 0 Å². The number of aliphatic hydroxyl groups excluding tert-OH is 1. The number of aryl methyl sites for hydroxylation is 1. The number of sulfonamides is 1. The number of aliphatic hydroxyl groups is 1. The molecule has 1 heterocycles. The average molecular weight is 447 g/mol. The van der Waals surface area contributed by atoms with Gasteiger partial charge in [-0.05, 0) is 70.0 Å². The molecule has 7 heteroatoms. The van der Waals surface area contributed by atoms with Gasteiger partial charge in [-0.25, -0.2) is 8.42 Å². The fourth-order valence-corrected chi connectivity index (χ4v) is 5.76. The van der Waals surface area contributed by atoms with Crippen molar-refractivity contribution in [3.63, 3.8) is 0 Å². The standard InChI is InChI=1S/C24H34N2O4S/c1-18-8-14-24(15-9-18)31(28,29)26(21-10-12-23(30-4)13-11-21)17-22(27)16-25-19(2)6-5-7-20(25)3/h8-15,19-20,22,27H,5-7,16-17H2,1-4H3/t19-,20-,22-/m1/s1. The van der Waals surface area contributed by atoms with Crippen molar-refractivity contribution < 1.29 is 18.3 Å². The Bertz CT molecular complexity index is 935. The Hall–Kier alpha value is -2.09. The van der Waals surface area contributed by atoms with Crippen molar-refractivity contribution in [2.24, 2.45) is 0 Å². The number of ether oxygens (including phenoxy) is 1. The summed E-state index contributed by atoms with van der Waals surface area (Å²) in [5.74, 6) is 0.646. The molecule has 170 valence electrons. The van der Waals surface area contributed by atoms with Crippen LogP contribution in [0.5, 0.6) is 5.75 Å². The number of piperidine rings is 1. The Morgan fingerprint density at radius 1 is 1.06 bits per heavy atom. The van der Waals surface area contributed by atoms with E-state index in [0.717, 1.165) is 18.4 Å². The Morgan fingerprint density at radius 2 is 1.65 bits per heavy atom. The molecule has 31 heavy (non-hydrogen) atoms. The van der Waals surface area contributed by atoms with Crippen LogP contribution in [0.3, 0.4) is 0 Å².